The highest BCUT2D eigenvalue weighted by molar-refractivity contribution is 5.87. The van der Waals surface area contributed by atoms with Gasteiger partial charge in [-0.2, -0.15) is 30.7 Å². The summed E-state index contributed by atoms with van der Waals surface area (Å²) in [6, 6.07) is 0. The maximum atomic E-state index is 13.3. The molecule has 0 radical (unpaired) electrons. The lowest BCUT2D eigenvalue weighted by atomic mass is 9.96. The van der Waals surface area contributed by atoms with Crippen LogP contribution in [0, 0.1) is 5.92 Å². The molecule has 0 saturated carbocycles. The van der Waals surface area contributed by atoms with E-state index in [2.05, 4.69) is 11.3 Å². The summed E-state index contributed by atoms with van der Waals surface area (Å²) in [5.41, 5.74) is -0.188. The number of carbonyl (C=O) groups excluding carboxylic acids is 1. The van der Waals surface area contributed by atoms with Crippen LogP contribution >= 0.6 is 0 Å². The van der Waals surface area contributed by atoms with E-state index >= 15 is 0 Å². The number of rotatable bonds is 6. The van der Waals surface area contributed by atoms with Gasteiger partial charge in [0.05, 0.1) is 6.42 Å². The molecule has 0 aliphatic carbocycles. The fourth-order valence-electron chi connectivity index (χ4n) is 1.24. The molecule has 21 heavy (non-hydrogen) atoms. The van der Waals surface area contributed by atoms with Crippen molar-refractivity contribution in [2.75, 3.05) is 0 Å². The maximum Gasteiger partial charge on any atom is 0.459 e. The molecule has 0 aliphatic heterocycles. The minimum atomic E-state index is -6.41. The zero-order chi connectivity index (χ0) is 17.2. The average molecular weight is 324 g/mol. The number of esters is 1. The zero-order valence-electron chi connectivity index (χ0n) is 11.5. The van der Waals surface area contributed by atoms with Crippen LogP contribution in [0.15, 0.2) is 12.2 Å². The molecule has 124 valence electrons. The Kier molecular flexibility index (Phi) is 5.85. The predicted molar refractivity (Wildman–Crippen MR) is 60.1 cm³/mol. The first-order chi connectivity index (χ1) is 9.13. The van der Waals surface area contributed by atoms with Crippen LogP contribution in [0.1, 0.15) is 27.2 Å². The van der Waals surface area contributed by atoms with Gasteiger partial charge in [-0.25, -0.2) is 4.79 Å². The molecule has 0 aromatic rings. The van der Waals surface area contributed by atoms with Crippen LogP contribution in [-0.4, -0.2) is 30.1 Å². The summed E-state index contributed by atoms with van der Waals surface area (Å²) in [4.78, 5) is 11.2. The van der Waals surface area contributed by atoms with E-state index in [1.54, 1.807) is 0 Å². The van der Waals surface area contributed by atoms with Crippen LogP contribution in [-0.2, 0) is 9.53 Å². The largest absolute Gasteiger partial charge is 0.459 e. The smallest absolute Gasteiger partial charge is 0.459 e. The highest BCUT2D eigenvalue weighted by Crippen LogP contribution is 2.49. The van der Waals surface area contributed by atoms with E-state index in [1.807, 2.05) is 0 Å². The minimum Gasteiger partial charge on any atom is -0.459 e. The van der Waals surface area contributed by atoms with E-state index in [0.717, 1.165) is 0 Å². The van der Waals surface area contributed by atoms with Crippen molar-refractivity contribution < 1.29 is 40.3 Å². The highest BCUT2D eigenvalue weighted by atomic mass is 19.4. The molecule has 0 aromatic carbocycles. The molecule has 0 spiro atoms. The van der Waals surface area contributed by atoms with E-state index in [9.17, 15) is 35.5 Å². The summed E-state index contributed by atoms with van der Waals surface area (Å²) in [5.74, 6) is -13.7. The highest BCUT2D eigenvalue weighted by Gasteiger charge is 2.73. The van der Waals surface area contributed by atoms with E-state index in [1.165, 1.54) is 20.8 Å². The first-order valence-corrected chi connectivity index (χ1v) is 5.82. The van der Waals surface area contributed by atoms with E-state index < -0.39 is 42.4 Å². The molecule has 2 nitrogen and oxygen atoms in total. The lowest BCUT2D eigenvalue weighted by Gasteiger charge is -2.32. The van der Waals surface area contributed by atoms with E-state index in [0.29, 0.717) is 0 Å². The lowest BCUT2D eigenvalue weighted by molar-refractivity contribution is -0.358. The molecule has 1 atom stereocenters. The standard InChI is InChI=1S/C12H15F7O2/c1-6(2)8(21-9(20)7(3)4)5-10(13,14)11(15,16)12(17,18)19/h6,8H,3,5H2,1-2,4H3. The van der Waals surface area contributed by atoms with Gasteiger partial charge in [0.2, 0.25) is 0 Å². The summed E-state index contributed by atoms with van der Waals surface area (Å²) in [7, 11) is 0. The number of hydrogen-bond donors (Lipinski definition) is 0. The Labute approximate surface area is 116 Å². The van der Waals surface area contributed by atoms with Crippen LogP contribution in [0.2, 0.25) is 0 Å². The molecule has 0 fully saturated rings. The van der Waals surface area contributed by atoms with Crippen molar-refractivity contribution in [2.24, 2.45) is 5.92 Å². The van der Waals surface area contributed by atoms with E-state index in [-0.39, 0.29) is 5.57 Å². The summed E-state index contributed by atoms with van der Waals surface area (Å²) >= 11 is 0. The first kappa shape index (κ1) is 19.7. The molecule has 0 N–H and O–H groups in total. The van der Waals surface area contributed by atoms with Crippen LogP contribution < -0.4 is 0 Å². The second-order valence-electron chi connectivity index (χ2n) is 4.95. The summed E-state index contributed by atoms with van der Waals surface area (Å²) < 4.78 is 92.7. The van der Waals surface area contributed by atoms with Gasteiger partial charge in [-0.1, -0.05) is 20.4 Å². The number of carbonyl (C=O) groups is 1. The molecule has 0 bridgehead atoms. The molecule has 0 aromatic heterocycles. The van der Waals surface area contributed by atoms with Crippen molar-refractivity contribution in [3.05, 3.63) is 12.2 Å². The molecular formula is C12H15F7O2. The third kappa shape index (κ3) is 4.60. The van der Waals surface area contributed by atoms with E-state index in [4.69, 9.17) is 0 Å². The van der Waals surface area contributed by atoms with Crippen molar-refractivity contribution in [1.82, 2.24) is 0 Å². The van der Waals surface area contributed by atoms with Gasteiger partial charge in [-0.15, -0.1) is 0 Å². The molecule has 0 heterocycles. The predicted octanol–water partition coefficient (Wildman–Crippen LogP) is 4.35. The molecule has 9 heteroatoms. The number of ether oxygens (including phenoxy) is 1. The SMILES string of the molecule is C=C(C)C(=O)OC(CC(F)(F)C(F)(F)C(F)(F)F)C(C)C. The Morgan fingerprint density at radius 1 is 1.10 bits per heavy atom. The fraction of sp³-hybridized carbons (Fsp3) is 0.750. The number of hydrogen-bond acceptors (Lipinski definition) is 2. The first-order valence-electron chi connectivity index (χ1n) is 5.82. The van der Waals surface area contributed by atoms with Crippen molar-refractivity contribution in [3.63, 3.8) is 0 Å². The monoisotopic (exact) mass is 324 g/mol. The second kappa shape index (κ2) is 6.23. The van der Waals surface area contributed by atoms with Gasteiger partial charge in [-0.05, 0) is 12.8 Å². The average Bonchev–Trinajstić information content (AvgIpc) is 2.25. The third-order valence-electron chi connectivity index (χ3n) is 2.62. The minimum absolute atomic E-state index is 0.188. The normalized spacial score (nSPS) is 15.0. The zero-order valence-corrected chi connectivity index (χ0v) is 11.5. The van der Waals surface area contributed by atoms with Gasteiger partial charge in [0, 0.05) is 5.57 Å². The molecule has 0 rings (SSSR count). The molecular weight excluding hydrogens is 309 g/mol. The fourth-order valence-corrected chi connectivity index (χ4v) is 1.24. The Balaban J connectivity index is 5.26. The topological polar surface area (TPSA) is 26.3 Å². The van der Waals surface area contributed by atoms with Crippen molar-refractivity contribution in [3.8, 4) is 0 Å². The van der Waals surface area contributed by atoms with Gasteiger partial charge < -0.3 is 4.74 Å². The number of halogens is 7. The Hall–Kier alpha value is -1.28. The van der Waals surface area contributed by atoms with Crippen molar-refractivity contribution in [1.29, 1.82) is 0 Å². The summed E-state index contributed by atoms with van der Waals surface area (Å²) in [6.07, 6.45) is -10.2. The quantitative estimate of drug-likeness (QED) is 0.412. The molecule has 1 unspecified atom stereocenters. The van der Waals surface area contributed by atoms with Crippen LogP contribution in [0.4, 0.5) is 30.7 Å². The van der Waals surface area contributed by atoms with Crippen molar-refractivity contribution in [2.45, 2.75) is 51.3 Å². The Morgan fingerprint density at radius 3 is 1.81 bits per heavy atom. The van der Waals surface area contributed by atoms with Gasteiger partial charge in [-0.3, -0.25) is 0 Å². The van der Waals surface area contributed by atoms with Gasteiger partial charge in [0.15, 0.2) is 0 Å². The molecule has 0 aliphatic rings. The Morgan fingerprint density at radius 2 is 1.52 bits per heavy atom. The third-order valence-corrected chi connectivity index (χ3v) is 2.62. The summed E-state index contributed by atoms with van der Waals surface area (Å²) in [5, 5.41) is 0. The summed E-state index contributed by atoms with van der Waals surface area (Å²) in [6.45, 7) is 6.84. The van der Waals surface area contributed by atoms with Crippen molar-refractivity contribution >= 4 is 5.97 Å². The van der Waals surface area contributed by atoms with Crippen LogP contribution in [0.25, 0.3) is 0 Å². The van der Waals surface area contributed by atoms with Crippen LogP contribution in [0.5, 0.6) is 0 Å². The molecule has 0 amide bonds. The maximum absolute atomic E-state index is 13.3. The second-order valence-corrected chi connectivity index (χ2v) is 4.95. The van der Waals surface area contributed by atoms with Gasteiger partial charge in [0.25, 0.3) is 0 Å². The lowest BCUT2D eigenvalue weighted by Crippen LogP contribution is -2.53. The Bertz CT molecular complexity index is 399. The van der Waals surface area contributed by atoms with Gasteiger partial charge in [0.1, 0.15) is 6.10 Å². The van der Waals surface area contributed by atoms with Gasteiger partial charge >= 0.3 is 24.0 Å². The van der Waals surface area contributed by atoms with Crippen LogP contribution in [0.3, 0.4) is 0 Å². The number of alkyl halides is 7. The molecule has 0 saturated heterocycles.